The van der Waals surface area contributed by atoms with Gasteiger partial charge >= 0.3 is 6.03 Å². The van der Waals surface area contributed by atoms with Gasteiger partial charge in [0.1, 0.15) is 0 Å². The van der Waals surface area contributed by atoms with E-state index in [2.05, 4.69) is 53.3 Å². The van der Waals surface area contributed by atoms with E-state index in [0.29, 0.717) is 32.5 Å². The molecule has 20 heteroatoms. The van der Waals surface area contributed by atoms with Crippen molar-refractivity contribution >= 4 is 35.3 Å². The maximum Gasteiger partial charge on any atom is 0.334 e. The first-order valence-electron chi connectivity index (χ1n) is 14.3. The molecule has 10 N–H and O–H groups in total. The van der Waals surface area contributed by atoms with E-state index in [1.54, 1.807) is 4.90 Å². The first kappa shape index (κ1) is 32.0. The van der Waals surface area contributed by atoms with Crippen LogP contribution in [0.1, 0.15) is 24.0 Å². The van der Waals surface area contributed by atoms with Crippen LogP contribution in [0.15, 0.2) is 65.9 Å². The highest BCUT2D eigenvalue weighted by Gasteiger charge is 2.43. The molecule has 4 aliphatic heterocycles. The number of hydrazine groups is 2. The lowest BCUT2D eigenvalue weighted by molar-refractivity contribution is -0.120. The smallest absolute Gasteiger partial charge is 0.334 e. The number of amidine groups is 1. The van der Waals surface area contributed by atoms with Crippen LogP contribution in [-0.4, -0.2) is 101 Å². The first-order chi connectivity index (χ1) is 21.7. The number of ether oxygens (including phenoxy) is 1. The average Bonchev–Trinajstić information content (AvgIpc) is 3.33. The van der Waals surface area contributed by atoms with Gasteiger partial charge in [0.2, 0.25) is 11.8 Å². The number of amides is 3. The number of hydrogen-bond acceptors (Lipinski definition) is 14. The maximum absolute atomic E-state index is 13.2. The summed E-state index contributed by atoms with van der Waals surface area (Å²) in [5.41, 5.74) is 1.55. The van der Waals surface area contributed by atoms with Crippen LogP contribution in [0.3, 0.4) is 0 Å². The molecular weight excluding hydrogens is 608 g/mol. The molecule has 242 valence electrons. The number of piperidine rings is 1. The molecular formula is C25H37ClN16O3. The van der Waals surface area contributed by atoms with Crippen LogP contribution in [0.25, 0.3) is 0 Å². The van der Waals surface area contributed by atoms with Gasteiger partial charge < -0.3 is 26.6 Å². The molecule has 4 aliphatic rings. The highest BCUT2D eigenvalue weighted by Crippen LogP contribution is 2.31. The van der Waals surface area contributed by atoms with Crippen molar-refractivity contribution in [3.05, 3.63) is 46.4 Å². The monoisotopic (exact) mass is 644 g/mol. The third kappa shape index (κ3) is 7.63. The highest BCUT2D eigenvalue weighted by molar-refractivity contribution is 6.30. The second kappa shape index (κ2) is 14.1. The van der Waals surface area contributed by atoms with Crippen molar-refractivity contribution in [1.82, 2.24) is 30.5 Å². The van der Waals surface area contributed by atoms with E-state index in [9.17, 15) is 9.59 Å². The second-order valence-corrected chi connectivity index (χ2v) is 11.4. The van der Waals surface area contributed by atoms with E-state index in [0.717, 1.165) is 38.4 Å². The van der Waals surface area contributed by atoms with Crippen molar-refractivity contribution in [3.8, 4) is 0 Å². The topological polar surface area (TPSA) is 259 Å². The molecule has 1 aromatic carbocycles. The number of rotatable bonds is 6. The SMILES string of the molecule is NN=NC1=NC(N=NN)=C(Cl)NC1C(=O)NC1=NC2(CCN(C(=O)N(N)Cc3ccc(CN4CCOCC4)cc3)CC2)CN1N. The molecule has 5 rings (SSSR count). The molecule has 0 aliphatic carbocycles. The minimum atomic E-state index is -1.18. The minimum Gasteiger partial charge on any atom is -0.379 e. The summed E-state index contributed by atoms with van der Waals surface area (Å²) in [5, 5.41) is 21.5. The predicted octanol–water partition coefficient (Wildman–Crippen LogP) is -0.802. The van der Waals surface area contributed by atoms with Gasteiger partial charge in [-0.1, -0.05) is 46.3 Å². The number of benzene rings is 1. The van der Waals surface area contributed by atoms with Gasteiger partial charge in [-0.25, -0.2) is 26.5 Å². The van der Waals surface area contributed by atoms with Crippen LogP contribution in [0.5, 0.6) is 0 Å². The number of nitrogens with zero attached hydrogens (tertiary/aromatic N) is 10. The largest absolute Gasteiger partial charge is 0.379 e. The Bertz CT molecular complexity index is 1400. The van der Waals surface area contributed by atoms with E-state index >= 15 is 0 Å². The molecule has 45 heavy (non-hydrogen) atoms. The Labute approximate surface area is 263 Å². The number of urea groups is 1. The van der Waals surface area contributed by atoms with Crippen molar-refractivity contribution in [2.75, 3.05) is 45.9 Å². The van der Waals surface area contributed by atoms with Crippen LogP contribution >= 0.6 is 11.6 Å². The fraction of sp³-hybridized carbons (Fsp3) is 0.520. The fourth-order valence-corrected chi connectivity index (χ4v) is 5.71. The molecule has 0 aromatic heterocycles. The predicted molar refractivity (Wildman–Crippen MR) is 163 cm³/mol. The second-order valence-electron chi connectivity index (χ2n) is 11.0. The molecule has 0 bridgehead atoms. The maximum atomic E-state index is 13.2. The van der Waals surface area contributed by atoms with E-state index < -0.39 is 17.5 Å². The Morgan fingerprint density at radius 3 is 2.42 bits per heavy atom. The van der Waals surface area contributed by atoms with Gasteiger partial charge in [-0.3, -0.25) is 25.0 Å². The van der Waals surface area contributed by atoms with Crippen LogP contribution in [0, 0.1) is 0 Å². The van der Waals surface area contributed by atoms with Gasteiger partial charge in [0, 0.05) is 32.7 Å². The number of morpholine rings is 1. The van der Waals surface area contributed by atoms with Crippen LogP contribution in [-0.2, 0) is 22.6 Å². The molecule has 1 atom stereocenters. The molecule has 0 radical (unpaired) electrons. The number of nitrogens with two attached hydrogens (primary N) is 4. The van der Waals surface area contributed by atoms with E-state index in [1.165, 1.54) is 15.6 Å². The van der Waals surface area contributed by atoms with Gasteiger partial charge in [0.25, 0.3) is 5.91 Å². The molecule has 2 saturated heterocycles. The molecule has 1 unspecified atom stereocenters. The zero-order valence-corrected chi connectivity index (χ0v) is 25.3. The molecule has 3 amide bonds. The summed E-state index contributed by atoms with van der Waals surface area (Å²) in [6, 6.07) is 6.68. The number of likely N-dealkylation sites (tertiary alicyclic amines) is 1. The lowest BCUT2D eigenvalue weighted by Crippen LogP contribution is -2.55. The number of nitrogens with one attached hydrogen (secondary N) is 2. The lowest BCUT2D eigenvalue weighted by Gasteiger charge is -2.38. The number of halogens is 1. The first-order valence-corrected chi connectivity index (χ1v) is 14.7. The van der Waals surface area contributed by atoms with Crippen molar-refractivity contribution in [1.29, 1.82) is 0 Å². The number of carbonyl (C=O) groups is 2. The molecule has 0 saturated carbocycles. The normalized spacial score (nSPS) is 22.2. The summed E-state index contributed by atoms with van der Waals surface area (Å²) >= 11 is 6.13. The van der Waals surface area contributed by atoms with Gasteiger partial charge in [-0.2, -0.15) is 0 Å². The zero-order valence-electron chi connectivity index (χ0n) is 24.5. The van der Waals surface area contributed by atoms with Gasteiger partial charge in [0.05, 0.1) is 31.8 Å². The Morgan fingerprint density at radius 2 is 1.76 bits per heavy atom. The third-order valence-corrected chi connectivity index (χ3v) is 8.21. The molecule has 4 heterocycles. The number of hydrogen-bond donors (Lipinski definition) is 6. The van der Waals surface area contributed by atoms with Crippen LogP contribution < -0.4 is 34.0 Å². The fourth-order valence-electron chi connectivity index (χ4n) is 5.52. The minimum absolute atomic E-state index is 0.0819. The number of guanidine groups is 1. The van der Waals surface area contributed by atoms with Gasteiger partial charge in [-0.05, 0) is 24.0 Å². The molecule has 1 aromatic rings. The van der Waals surface area contributed by atoms with Crippen LogP contribution in [0.2, 0.25) is 0 Å². The Kier molecular flexibility index (Phi) is 10.0. The summed E-state index contributed by atoms with van der Waals surface area (Å²) in [6.45, 7) is 5.67. The Morgan fingerprint density at radius 1 is 1.09 bits per heavy atom. The van der Waals surface area contributed by atoms with Crippen LogP contribution in [0.4, 0.5) is 4.79 Å². The van der Waals surface area contributed by atoms with E-state index in [1.807, 2.05) is 12.1 Å². The van der Waals surface area contributed by atoms with Crippen molar-refractivity contribution in [3.63, 3.8) is 0 Å². The standard InChI is InChI=1S/C25H37ClN16O3/c26-19-21(36-38-28)32-20(35-37-27)18(31-19)22(43)33-23-34-25(15-42(23)30)5-7-40(8-6-25)24(44)41(29)14-17-3-1-16(2-4-17)13-39-9-11-45-12-10-39/h1-4,18,31H,5-15,29-30H2,(H2,28,36)(H2,27,32,35)(H,33,34,43). The summed E-state index contributed by atoms with van der Waals surface area (Å²) in [4.78, 5) is 39.1. The molecule has 1 spiro atoms. The Balaban J connectivity index is 1.14. The summed E-state index contributed by atoms with van der Waals surface area (Å²) < 4.78 is 5.41. The van der Waals surface area contributed by atoms with E-state index in [4.69, 9.17) is 44.7 Å². The third-order valence-electron chi connectivity index (χ3n) is 7.93. The average molecular weight is 645 g/mol. The quantitative estimate of drug-likeness (QED) is 0.0738. The summed E-state index contributed by atoms with van der Waals surface area (Å²) in [6.07, 6.45) is 1.04. The Hall–Kier alpha value is -4.43. The van der Waals surface area contributed by atoms with Crippen molar-refractivity contribution in [2.24, 2.45) is 54.0 Å². The lowest BCUT2D eigenvalue weighted by atomic mass is 9.89. The van der Waals surface area contributed by atoms with Crippen molar-refractivity contribution < 1.29 is 14.3 Å². The zero-order chi connectivity index (χ0) is 32.0. The van der Waals surface area contributed by atoms with Gasteiger partial charge in [0.15, 0.2) is 17.0 Å². The number of aliphatic imine (C=N–C) groups is 2. The number of carbonyl (C=O) groups excluding carboxylic acids is 2. The van der Waals surface area contributed by atoms with Crippen molar-refractivity contribution in [2.45, 2.75) is 37.5 Å². The molecule has 2 fully saturated rings. The summed E-state index contributed by atoms with van der Waals surface area (Å²) in [5.74, 6) is 22.0. The van der Waals surface area contributed by atoms with E-state index in [-0.39, 0.29) is 35.3 Å². The highest BCUT2D eigenvalue weighted by atomic mass is 35.5. The summed E-state index contributed by atoms with van der Waals surface area (Å²) in [7, 11) is 0. The molecule has 19 nitrogen and oxygen atoms in total. The van der Waals surface area contributed by atoms with Gasteiger partial charge in [-0.15, -0.1) is 10.2 Å².